The van der Waals surface area contributed by atoms with Crippen LogP contribution in [0.25, 0.3) is 0 Å². The molecule has 0 spiro atoms. The minimum absolute atomic E-state index is 0.0331. The van der Waals surface area contributed by atoms with E-state index in [1.165, 1.54) is 37.8 Å². The first kappa shape index (κ1) is 17.7. The lowest BCUT2D eigenvalue weighted by molar-refractivity contribution is -0.116. The summed E-state index contributed by atoms with van der Waals surface area (Å²) in [5, 5.41) is 11.7. The molecule has 1 aromatic rings. The molecule has 5 heteroatoms. The lowest BCUT2D eigenvalue weighted by Crippen LogP contribution is -2.11. The van der Waals surface area contributed by atoms with E-state index >= 15 is 0 Å². The summed E-state index contributed by atoms with van der Waals surface area (Å²) in [5.41, 5.74) is 0.798. The van der Waals surface area contributed by atoms with Gasteiger partial charge in [0.15, 0.2) is 0 Å². The van der Waals surface area contributed by atoms with Gasteiger partial charge in [0, 0.05) is 10.9 Å². The number of carboxylic acids is 1. The summed E-state index contributed by atoms with van der Waals surface area (Å²) in [6, 6.07) is 4.57. The third-order valence-corrected chi connectivity index (χ3v) is 3.90. The van der Waals surface area contributed by atoms with Crippen molar-refractivity contribution in [2.75, 3.05) is 5.32 Å². The van der Waals surface area contributed by atoms with Gasteiger partial charge in [0.25, 0.3) is 0 Å². The predicted molar refractivity (Wildman–Crippen MR) is 87.7 cm³/mol. The highest BCUT2D eigenvalue weighted by molar-refractivity contribution is 9.10. The van der Waals surface area contributed by atoms with E-state index in [-0.39, 0.29) is 11.5 Å². The Morgan fingerprint density at radius 2 is 1.81 bits per heavy atom. The second kappa shape index (κ2) is 9.55. The average Bonchev–Trinajstić information content (AvgIpc) is 2.44. The highest BCUT2D eigenvalue weighted by Crippen LogP contribution is 2.24. The largest absolute Gasteiger partial charge is 0.478 e. The smallest absolute Gasteiger partial charge is 0.335 e. The van der Waals surface area contributed by atoms with E-state index in [1.54, 1.807) is 6.07 Å². The van der Waals surface area contributed by atoms with E-state index in [9.17, 15) is 9.59 Å². The molecule has 0 unspecified atom stereocenters. The van der Waals surface area contributed by atoms with Crippen molar-refractivity contribution in [3.63, 3.8) is 0 Å². The summed E-state index contributed by atoms with van der Waals surface area (Å²) in [4.78, 5) is 22.7. The van der Waals surface area contributed by atoms with Crippen LogP contribution in [0.5, 0.6) is 0 Å². The molecule has 116 valence electrons. The maximum Gasteiger partial charge on any atom is 0.335 e. The van der Waals surface area contributed by atoms with Gasteiger partial charge >= 0.3 is 5.97 Å². The summed E-state index contributed by atoms with van der Waals surface area (Å²) < 4.78 is 0.582. The molecule has 1 rings (SSSR count). The fourth-order valence-corrected chi connectivity index (χ4v) is 2.51. The van der Waals surface area contributed by atoms with Crippen molar-refractivity contribution in [3.05, 3.63) is 28.2 Å². The molecule has 0 aliphatic carbocycles. The Morgan fingerprint density at radius 3 is 2.43 bits per heavy atom. The fourth-order valence-electron chi connectivity index (χ4n) is 2.03. The Balaban J connectivity index is 2.36. The van der Waals surface area contributed by atoms with Crippen LogP contribution in [-0.2, 0) is 4.79 Å². The van der Waals surface area contributed by atoms with E-state index in [0.717, 1.165) is 12.8 Å². The van der Waals surface area contributed by atoms with Crippen LogP contribution in [0, 0.1) is 0 Å². The minimum Gasteiger partial charge on any atom is -0.478 e. The summed E-state index contributed by atoms with van der Waals surface area (Å²) in [6.45, 7) is 2.18. The molecule has 0 aliphatic rings. The molecular weight excluding hydrogens is 334 g/mol. The second-order valence-corrected chi connectivity index (χ2v) is 5.92. The van der Waals surface area contributed by atoms with Crippen LogP contribution in [0.2, 0.25) is 0 Å². The van der Waals surface area contributed by atoms with Gasteiger partial charge in [0.2, 0.25) is 5.91 Å². The van der Waals surface area contributed by atoms with Gasteiger partial charge in [-0.3, -0.25) is 4.79 Å². The van der Waals surface area contributed by atoms with Crippen molar-refractivity contribution in [1.29, 1.82) is 0 Å². The first-order valence-electron chi connectivity index (χ1n) is 7.37. The maximum absolute atomic E-state index is 11.8. The molecule has 2 N–H and O–H groups in total. The van der Waals surface area contributed by atoms with Crippen molar-refractivity contribution in [1.82, 2.24) is 0 Å². The van der Waals surface area contributed by atoms with Gasteiger partial charge in [-0.1, -0.05) is 39.0 Å². The molecule has 0 heterocycles. The number of halogens is 1. The molecule has 0 atom stereocenters. The monoisotopic (exact) mass is 355 g/mol. The average molecular weight is 356 g/mol. The molecule has 4 nitrogen and oxygen atoms in total. The highest BCUT2D eigenvalue weighted by Gasteiger charge is 2.09. The first-order chi connectivity index (χ1) is 10.0. The van der Waals surface area contributed by atoms with E-state index in [1.807, 2.05) is 0 Å². The van der Waals surface area contributed by atoms with Crippen LogP contribution in [0.3, 0.4) is 0 Å². The van der Waals surface area contributed by atoms with Crippen LogP contribution >= 0.6 is 15.9 Å². The van der Waals surface area contributed by atoms with Gasteiger partial charge in [-0.25, -0.2) is 4.79 Å². The molecule has 21 heavy (non-hydrogen) atoms. The predicted octanol–water partition coefficient (Wildman–Crippen LogP) is 4.84. The molecule has 0 aromatic heterocycles. The van der Waals surface area contributed by atoms with Gasteiger partial charge in [-0.15, -0.1) is 0 Å². The quantitative estimate of drug-likeness (QED) is 0.623. The number of hydrogen-bond donors (Lipinski definition) is 2. The number of carboxylic acid groups (broad SMARTS) is 1. The minimum atomic E-state index is -0.986. The van der Waals surface area contributed by atoms with Crippen LogP contribution in [0.4, 0.5) is 5.69 Å². The molecular formula is C16H22BrNO3. The van der Waals surface area contributed by atoms with Crippen LogP contribution in [-0.4, -0.2) is 17.0 Å². The van der Waals surface area contributed by atoms with Gasteiger partial charge in [0.05, 0.1) is 11.3 Å². The van der Waals surface area contributed by atoms with Gasteiger partial charge in [-0.05, 0) is 40.5 Å². The van der Waals surface area contributed by atoms with E-state index in [0.29, 0.717) is 16.6 Å². The number of amides is 1. The highest BCUT2D eigenvalue weighted by atomic mass is 79.9. The van der Waals surface area contributed by atoms with Crippen molar-refractivity contribution >= 4 is 33.5 Å². The zero-order valence-corrected chi connectivity index (χ0v) is 13.9. The summed E-state index contributed by atoms with van der Waals surface area (Å²) >= 11 is 3.28. The standard InChI is InChI=1S/C16H22BrNO3/c1-2-3-4-5-6-7-8-15(19)18-14-10-9-12(16(20)21)11-13(14)17/h9-11H,2-8H2,1H3,(H,18,19)(H,20,21). The van der Waals surface area contributed by atoms with Crippen LogP contribution in [0.1, 0.15) is 62.2 Å². The number of hydrogen-bond acceptors (Lipinski definition) is 2. The normalized spacial score (nSPS) is 10.4. The number of anilines is 1. The number of carbonyl (C=O) groups is 2. The Hall–Kier alpha value is -1.36. The maximum atomic E-state index is 11.8. The van der Waals surface area contributed by atoms with Gasteiger partial charge in [-0.2, -0.15) is 0 Å². The zero-order valence-electron chi connectivity index (χ0n) is 12.3. The van der Waals surface area contributed by atoms with Crippen LogP contribution < -0.4 is 5.32 Å². The molecule has 1 aromatic carbocycles. The number of benzene rings is 1. The topological polar surface area (TPSA) is 66.4 Å². The number of unbranched alkanes of at least 4 members (excludes halogenated alkanes) is 5. The number of rotatable bonds is 9. The Morgan fingerprint density at radius 1 is 1.14 bits per heavy atom. The lowest BCUT2D eigenvalue weighted by Gasteiger charge is -2.08. The third-order valence-electron chi connectivity index (χ3n) is 3.25. The molecule has 0 fully saturated rings. The number of aromatic carboxylic acids is 1. The number of nitrogens with one attached hydrogen (secondary N) is 1. The third kappa shape index (κ3) is 6.76. The Bertz CT molecular complexity index is 488. The molecule has 0 radical (unpaired) electrons. The van der Waals surface area contributed by atoms with Crippen molar-refractivity contribution in [3.8, 4) is 0 Å². The van der Waals surface area contributed by atoms with E-state index in [4.69, 9.17) is 5.11 Å². The Labute approximate surface area is 134 Å². The van der Waals surface area contributed by atoms with Crippen molar-refractivity contribution in [2.24, 2.45) is 0 Å². The lowest BCUT2D eigenvalue weighted by atomic mass is 10.1. The van der Waals surface area contributed by atoms with Crippen LogP contribution in [0.15, 0.2) is 22.7 Å². The first-order valence-corrected chi connectivity index (χ1v) is 8.16. The molecule has 0 saturated carbocycles. The van der Waals surface area contributed by atoms with Crippen molar-refractivity contribution in [2.45, 2.75) is 51.9 Å². The molecule has 0 saturated heterocycles. The summed E-state index contributed by atoms with van der Waals surface area (Å²) in [7, 11) is 0. The SMILES string of the molecule is CCCCCCCCC(=O)Nc1ccc(C(=O)O)cc1Br. The van der Waals surface area contributed by atoms with E-state index in [2.05, 4.69) is 28.2 Å². The molecule has 0 bridgehead atoms. The Kier molecular flexibility index (Phi) is 8.05. The number of carbonyl (C=O) groups excluding carboxylic acids is 1. The van der Waals surface area contributed by atoms with E-state index < -0.39 is 5.97 Å². The summed E-state index contributed by atoms with van der Waals surface area (Å²) in [5.74, 6) is -1.02. The zero-order chi connectivity index (χ0) is 15.7. The van der Waals surface area contributed by atoms with Gasteiger partial charge in [0.1, 0.15) is 0 Å². The molecule has 1 amide bonds. The summed E-state index contributed by atoms with van der Waals surface area (Å²) in [6.07, 6.45) is 7.36. The molecule has 0 aliphatic heterocycles. The fraction of sp³-hybridized carbons (Fsp3) is 0.500. The second-order valence-electron chi connectivity index (χ2n) is 5.07. The van der Waals surface area contributed by atoms with Gasteiger partial charge < -0.3 is 10.4 Å². The van der Waals surface area contributed by atoms with Crippen molar-refractivity contribution < 1.29 is 14.7 Å².